The summed E-state index contributed by atoms with van der Waals surface area (Å²) in [6, 6.07) is 6.48. The molecule has 0 spiro atoms. The first-order valence-electron chi connectivity index (χ1n) is 7.32. The molecule has 5 nitrogen and oxygen atoms in total. The zero-order valence-electron chi connectivity index (χ0n) is 13.0. The van der Waals surface area contributed by atoms with E-state index in [1.54, 1.807) is 43.9 Å². The Morgan fingerprint density at radius 1 is 1.29 bits per heavy atom. The molecule has 0 atom stereocenters. The Kier molecular flexibility index (Phi) is 4.47. The number of aromatic amines is 1. The maximum atomic E-state index is 13.8. The van der Waals surface area contributed by atoms with E-state index in [0.29, 0.717) is 0 Å². The molecule has 0 fully saturated rings. The zero-order chi connectivity index (χ0) is 16.9. The second-order valence-corrected chi connectivity index (χ2v) is 5.26. The van der Waals surface area contributed by atoms with Crippen LogP contribution in [0, 0.1) is 12.7 Å². The number of rotatable bonds is 4. The van der Waals surface area contributed by atoms with Gasteiger partial charge in [0, 0.05) is 35.8 Å². The molecule has 24 heavy (non-hydrogen) atoms. The van der Waals surface area contributed by atoms with Crippen LogP contribution in [-0.4, -0.2) is 21.1 Å². The first-order chi connectivity index (χ1) is 11.6. The molecule has 2 heterocycles. The SMILES string of the molecule is Cc1ccc(NC(=O)C=Cc2cnccc2-c2cn[nH]c2)c(F)c1. The summed E-state index contributed by atoms with van der Waals surface area (Å²) in [6.07, 6.45) is 9.75. The molecule has 0 radical (unpaired) electrons. The molecule has 0 aliphatic rings. The predicted octanol–water partition coefficient (Wildman–Crippen LogP) is 3.57. The molecule has 3 aromatic rings. The molecule has 6 heteroatoms. The van der Waals surface area contributed by atoms with E-state index in [2.05, 4.69) is 20.5 Å². The summed E-state index contributed by atoms with van der Waals surface area (Å²) in [4.78, 5) is 16.1. The number of hydrogen-bond acceptors (Lipinski definition) is 3. The highest BCUT2D eigenvalue weighted by Gasteiger charge is 2.06. The van der Waals surface area contributed by atoms with Gasteiger partial charge in [-0.2, -0.15) is 5.10 Å². The molecule has 120 valence electrons. The third-order valence-corrected chi connectivity index (χ3v) is 3.46. The van der Waals surface area contributed by atoms with Crippen molar-refractivity contribution in [2.24, 2.45) is 0 Å². The minimum Gasteiger partial charge on any atom is -0.320 e. The number of pyridine rings is 1. The zero-order valence-corrected chi connectivity index (χ0v) is 13.0. The fraction of sp³-hybridized carbons (Fsp3) is 0.0556. The van der Waals surface area contributed by atoms with Crippen molar-refractivity contribution in [2.45, 2.75) is 6.92 Å². The van der Waals surface area contributed by atoms with Gasteiger partial charge in [0.25, 0.3) is 0 Å². The minimum atomic E-state index is -0.461. The summed E-state index contributed by atoms with van der Waals surface area (Å²) in [6.45, 7) is 1.79. The number of hydrogen-bond donors (Lipinski definition) is 2. The smallest absolute Gasteiger partial charge is 0.248 e. The number of carbonyl (C=O) groups is 1. The number of nitrogens with one attached hydrogen (secondary N) is 2. The van der Waals surface area contributed by atoms with Gasteiger partial charge in [-0.15, -0.1) is 0 Å². The van der Waals surface area contributed by atoms with E-state index in [1.165, 1.54) is 18.2 Å². The van der Waals surface area contributed by atoms with Crippen molar-refractivity contribution in [1.29, 1.82) is 0 Å². The van der Waals surface area contributed by atoms with Gasteiger partial charge in [-0.05, 0) is 42.3 Å². The number of amides is 1. The average molecular weight is 322 g/mol. The maximum absolute atomic E-state index is 13.8. The Morgan fingerprint density at radius 3 is 2.92 bits per heavy atom. The molecule has 0 aliphatic heterocycles. The standard InChI is InChI=1S/C18H15FN4O/c1-12-2-4-17(16(19)8-12)23-18(24)5-3-13-9-20-7-6-15(13)14-10-21-22-11-14/h2-11H,1H3,(H,21,22)(H,23,24). The molecule has 0 aliphatic carbocycles. The third kappa shape index (κ3) is 3.55. The quantitative estimate of drug-likeness (QED) is 0.721. The van der Waals surface area contributed by atoms with E-state index >= 15 is 0 Å². The summed E-state index contributed by atoms with van der Waals surface area (Å²) in [5.41, 5.74) is 3.49. The van der Waals surface area contributed by atoms with Crippen LogP contribution in [0.5, 0.6) is 0 Å². The maximum Gasteiger partial charge on any atom is 0.248 e. The van der Waals surface area contributed by atoms with E-state index in [1.807, 2.05) is 6.07 Å². The molecular formula is C18H15FN4O. The van der Waals surface area contributed by atoms with Crippen LogP contribution in [0.3, 0.4) is 0 Å². The van der Waals surface area contributed by atoms with Crippen LogP contribution in [0.1, 0.15) is 11.1 Å². The van der Waals surface area contributed by atoms with E-state index in [4.69, 9.17) is 0 Å². The van der Waals surface area contributed by atoms with Crippen LogP contribution < -0.4 is 5.32 Å². The van der Waals surface area contributed by atoms with Crippen LogP contribution in [0.15, 0.2) is 55.1 Å². The second kappa shape index (κ2) is 6.87. The Bertz CT molecular complexity index is 888. The van der Waals surface area contributed by atoms with Gasteiger partial charge < -0.3 is 5.32 Å². The molecule has 3 rings (SSSR count). The van der Waals surface area contributed by atoms with Crippen LogP contribution >= 0.6 is 0 Å². The number of H-pyrrole nitrogens is 1. The lowest BCUT2D eigenvalue weighted by atomic mass is 10.0. The number of aromatic nitrogens is 3. The van der Waals surface area contributed by atoms with E-state index in [0.717, 1.165) is 22.3 Å². The number of halogens is 1. The summed E-state index contributed by atoms with van der Waals surface area (Å²) in [5, 5.41) is 9.19. The van der Waals surface area contributed by atoms with Crippen LogP contribution in [-0.2, 0) is 4.79 Å². The minimum absolute atomic E-state index is 0.150. The number of aryl methyl sites for hydroxylation is 1. The molecule has 1 amide bonds. The summed E-state index contributed by atoms with van der Waals surface area (Å²) < 4.78 is 13.8. The van der Waals surface area contributed by atoms with Gasteiger partial charge in [-0.1, -0.05) is 6.07 Å². The van der Waals surface area contributed by atoms with Crippen LogP contribution in [0.2, 0.25) is 0 Å². The first kappa shape index (κ1) is 15.6. The molecule has 0 bridgehead atoms. The molecule has 0 saturated heterocycles. The molecule has 0 saturated carbocycles. The lowest BCUT2D eigenvalue weighted by Gasteiger charge is -2.05. The molecule has 1 aromatic carbocycles. The van der Waals surface area contributed by atoms with E-state index < -0.39 is 11.7 Å². The fourth-order valence-corrected chi connectivity index (χ4v) is 2.26. The molecule has 2 aromatic heterocycles. The summed E-state index contributed by atoms with van der Waals surface area (Å²) in [5.74, 6) is -0.878. The number of nitrogens with zero attached hydrogens (tertiary/aromatic N) is 2. The highest BCUT2D eigenvalue weighted by molar-refractivity contribution is 6.02. The molecular weight excluding hydrogens is 307 g/mol. The monoisotopic (exact) mass is 322 g/mol. The predicted molar refractivity (Wildman–Crippen MR) is 90.6 cm³/mol. The van der Waals surface area contributed by atoms with Crippen molar-refractivity contribution in [1.82, 2.24) is 15.2 Å². The van der Waals surface area contributed by atoms with E-state index in [9.17, 15) is 9.18 Å². The van der Waals surface area contributed by atoms with Gasteiger partial charge >= 0.3 is 0 Å². The van der Waals surface area contributed by atoms with Crippen LogP contribution in [0.4, 0.5) is 10.1 Å². The third-order valence-electron chi connectivity index (χ3n) is 3.46. The van der Waals surface area contributed by atoms with Crippen molar-refractivity contribution >= 4 is 17.7 Å². The van der Waals surface area contributed by atoms with Gasteiger partial charge in [0.1, 0.15) is 5.82 Å². The van der Waals surface area contributed by atoms with E-state index in [-0.39, 0.29) is 5.69 Å². The highest BCUT2D eigenvalue weighted by Crippen LogP contribution is 2.22. The number of anilines is 1. The molecule has 0 unspecified atom stereocenters. The van der Waals surface area contributed by atoms with Gasteiger partial charge in [0.2, 0.25) is 5.91 Å². The summed E-state index contributed by atoms with van der Waals surface area (Å²) in [7, 11) is 0. The fourth-order valence-electron chi connectivity index (χ4n) is 2.26. The molecule has 2 N–H and O–H groups in total. The number of carbonyl (C=O) groups excluding carboxylic acids is 1. The van der Waals surface area contributed by atoms with Crippen molar-refractivity contribution in [3.05, 3.63) is 72.1 Å². The largest absolute Gasteiger partial charge is 0.320 e. The Morgan fingerprint density at radius 2 is 2.17 bits per heavy atom. The van der Waals surface area contributed by atoms with Crippen LogP contribution in [0.25, 0.3) is 17.2 Å². The second-order valence-electron chi connectivity index (χ2n) is 5.26. The lowest BCUT2D eigenvalue weighted by Crippen LogP contribution is -2.09. The van der Waals surface area contributed by atoms with Gasteiger partial charge in [-0.25, -0.2) is 4.39 Å². The van der Waals surface area contributed by atoms with Crippen molar-refractivity contribution in [3.8, 4) is 11.1 Å². The average Bonchev–Trinajstić information content (AvgIpc) is 3.10. The first-order valence-corrected chi connectivity index (χ1v) is 7.32. The van der Waals surface area contributed by atoms with Gasteiger partial charge in [0.05, 0.1) is 11.9 Å². The number of benzene rings is 1. The van der Waals surface area contributed by atoms with Gasteiger partial charge in [-0.3, -0.25) is 14.9 Å². The normalized spacial score (nSPS) is 10.9. The highest BCUT2D eigenvalue weighted by atomic mass is 19.1. The Balaban J connectivity index is 1.78. The van der Waals surface area contributed by atoms with Gasteiger partial charge in [0.15, 0.2) is 0 Å². The topological polar surface area (TPSA) is 70.7 Å². The summed E-state index contributed by atoms with van der Waals surface area (Å²) >= 11 is 0. The Labute approximate surface area is 138 Å². The lowest BCUT2D eigenvalue weighted by molar-refractivity contribution is -0.111. The van der Waals surface area contributed by atoms with Crippen molar-refractivity contribution in [3.63, 3.8) is 0 Å². The van der Waals surface area contributed by atoms with Crippen molar-refractivity contribution in [2.75, 3.05) is 5.32 Å². The Hall–Kier alpha value is -3.28. The van der Waals surface area contributed by atoms with Crippen molar-refractivity contribution < 1.29 is 9.18 Å².